The highest BCUT2D eigenvalue weighted by atomic mass is 16.5. The number of nitrogens with zero attached hydrogens (tertiary/aromatic N) is 5. The van der Waals surface area contributed by atoms with E-state index >= 15 is 0 Å². The lowest BCUT2D eigenvalue weighted by molar-refractivity contribution is 0.195. The Balaban J connectivity index is 1.38. The minimum atomic E-state index is 0.232. The first-order valence-corrected chi connectivity index (χ1v) is 9.29. The topological polar surface area (TPSA) is 102 Å². The first kappa shape index (κ1) is 17.3. The third-order valence-corrected chi connectivity index (χ3v) is 4.58. The summed E-state index contributed by atoms with van der Waals surface area (Å²) in [4.78, 5) is 17.7. The monoisotopic (exact) mass is 383 g/mol. The van der Waals surface area contributed by atoms with E-state index in [-0.39, 0.29) is 6.04 Å². The van der Waals surface area contributed by atoms with Gasteiger partial charge in [0, 0.05) is 30.0 Å². The molecule has 3 aromatic heterocycles. The number of H-pyrrole nitrogens is 1. The molecule has 1 saturated heterocycles. The van der Waals surface area contributed by atoms with Crippen LogP contribution in [0.4, 0.5) is 5.95 Å². The lowest BCUT2D eigenvalue weighted by Gasteiger charge is -2.10. The molecule has 1 fully saturated rings. The number of hydrogen-bond acceptors (Lipinski definition) is 7. The average Bonchev–Trinajstić information content (AvgIpc) is 3.44. The SMILES string of the molecule is C(#Cc1ccnc(-c2ccnc(N[C@H]3CCOC3)n2)n1)c1ccc2[nH]ncc2c1. The van der Waals surface area contributed by atoms with Crippen LogP contribution in [0.3, 0.4) is 0 Å². The van der Waals surface area contributed by atoms with Crippen molar-refractivity contribution in [3.8, 4) is 23.4 Å². The number of aromatic amines is 1. The second-order valence-corrected chi connectivity index (χ2v) is 6.66. The van der Waals surface area contributed by atoms with Gasteiger partial charge in [0.15, 0.2) is 5.82 Å². The third-order valence-electron chi connectivity index (χ3n) is 4.58. The average molecular weight is 383 g/mol. The molecule has 0 bridgehead atoms. The normalized spacial score (nSPS) is 15.8. The molecule has 0 unspecified atom stereocenters. The molecule has 2 N–H and O–H groups in total. The van der Waals surface area contributed by atoms with E-state index in [0.29, 0.717) is 29.8 Å². The molecule has 0 radical (unpaired) electrons. The summed E-state index contributed by atoms with van der Waals surface area (Å²) in [5.74, 6) is 7.29. The van der Waals surface area contributed by atoms with Crippen molar-refractivity contribution >= 4 is 16.9 Å². The van der Waals surface area contributed by atoms with Crippen LogP contribution in [0.5, 0.6) is 0 Å². The first-order valence-electron chi connectivity index (χ1n) is 9.29. The maximum absolute atomic E-state index is 5.38. The molecule has 142 valence electrons. The Hall–Kier alpha value is -3.83. The van der Waals surface area contributed by atoms with E-state index < -0.39 is 0 Å². The summed E-state index contributed by atoms with van der Waals surface area (Å²) in [7, 11) is 0. The zero-order valence-corrected chi connectivity index (χ0v) is 15.5. The summed E-state index contributed by atoms with van der Waals surface area (Å²) in [6, 6.07) is 9.70. The fourth-order valence-corrected chi connectivity index (χ4v) is 3.09. The molecule has 8 nitrogen and oxygen atoms in total. The molecule has 1 aliphatic heterocycles. The van der Waals surface area contributed by atoms with Crippen molar-refractivity contribution in [3.63, 3.8) is 0 Å². The van der Waals surface area contributed by atoms with E-state index in [9.17, 15) is 0 Å². The molecule has 0 spiro atoms. The van der Waals surface area contributed by atoms with Crippen LogP contribution in [0.1, 0.15) is 17.7 Å². The van der Waals surface area contributed by atoms with Gasteiger partial charge in [-0.05, 0) is 42.7 Å². The van der Waals surface area contributed by atoms with Crippen LogP contribution in [0.2, 0.25) is 0 Å². The Morgan fingerprint density at radius 1 is 1.07 bits per heavy atom. The molecule has 29 heavy (non-hydrogen) atoms. The third kappa shape index (κ3) is 3.90. The number of benzene rings is 1. The van der Waals surface area contributed by atoms with Gasteiger partial charge in [-0.25, -0.2) is 19.9 Å². The second kappa shape index (κ2) is 7.66. The molecule has 1 aromatic carbocycles. The van der Waals surface area contributed by atoms with Crippen LogP contribution in [0.15, 0.2) is 48.9 Å². The van der Waals surface area contributed by atoms with Gasteiger partial charge < -0.3 is 10.1 Å². The predicted octanol–water partition coefficient (Wildman–Crippen LogP) is 2.41. The summed E-state index contributed by atoms with van der Waals surface area (Å²) in [5.41, 5.74) is 3.15. The molecular weight excluding hydrogens is 366 g/mol. The van der Waals surface area contributed by atoms with Crippen LogP contribution in [-0.2, 0) is 4.74 Å². The van der Waals surface area contributed by atoms with E-state index in [1.165, 1.54) is 0 Å². The van der Waals surface area contributed by atoms with Crippen LogP contribution < -0.4 is 5.32 Å². The van der Waals surface area contributed by atoms with Crippen molar-refractivity contribution in [2.75, 3.05) is 18.5 Å². The van der Waals surface area contributed by atoms with Crippen molar-refractivity contribution < 1.29 is 4.74 Å². The summed E-state index contributed by atoms with van der Waals surface area (Å²) >= 11 is 0. The largest absolute Gasteiger partial charge is 0.379 e. The smallest absolute Gasteiger partial charge is 0.223 e. The van der Waals surface area contributed by atoms with Crippen LogP contribution in [-0.4, -0.2) is 49.4 Å². The molecule has 4 aromatic rings. The minimum Gasteiger partial charge on any atom is -0.379 e. The molecule has 8 heteroatoms. The summed E-state index contributed by atoms with van der Waals surface area (Å²) in [6.07, 6.45) is 6.11. The van der Waals surface area contributed by atoms with Gasteiger partial charge in [0.05, 0.1) is 24.4 Å². The Morgan fingerprint density at radius 2 is 2.03 bits per heavy atom. The van der Waals surface area contributed by atoms with Gasteiger partial charge in [-0.15, -0.1) is 0 Å². The zero-order chi connectivity index (χ0) is 19.5. The van der Waals surface area contributed by atoms with Gasteiger partial charge in [0.1, 0.15) is 11.4 Å². The van der Waals surface area contributed by atoms with Gasteiger partial charge in [-0.2, -0.15) is 5.10 Å². The molecular formula is C21H17N7O. The summed E-state index contributed by atoms with van der Waals surface area (Å²) < 4.78 is 5.38. The molecule has 4 heterocycles. The van der Waals surface area contributed by atoms with Gasteiger partial charge in [-0.1, -0.05) is 5.92 Å². The number of ether oxygens (including phenoxy) is 1. The standard InChI is InChI=1S/C21H17N7O/c1(14-2-4-18-15(11-14)12-24-28-18)3-16-5-8-22-20(25-16)19-6-9-23-21(27-19)26-17-7-10-29-13-17/h2,4-6,8-9,11-12,17H,7,10,13H2,(H,24,28)(H,23,26,27)/t17-/m0/s1. The second-order valence-electron chi connectivity index (χ2n) is 6.66. The Kier molecular flexibility index (Phi) is 4.56. The summed E-state index contributed by atoms with van der Waals surface area (Å²) in [6.45, 7) is 1.43. The fourth-order valence-electron chi connectivity index (χ4n) is 3.09. The van der Waals surface area contributed by atoms with E-state index in [4.69, 9.17) is 4.74 Å². The van der Waals surface area contributed by atoms with Crippen molar-refractivity contribution in [3.05, 3.63) is 60.2 Å². The van der Waals surface area contributed by atoms with E-state index in [0.717, 1.165) is 29.5 Å². The Morgan fingerprint density at radius 3 is 2.97 bits per heavy atom. The van der Waals surface area contributed by atoms with Crippen molar-refractivity contribution in [2.24, 2.45) is 0 Å². The molecule has 0 aliphatic carbocycles. The lowest BCUT2D eigenvalue weighted by Crippen LogP contribution is -2.20. The Labute approximate surface area is 166 Å². The van der Waals surface area contributed by atoms with Gasteiger partial charge >= 0.3 is 0 Å². The molecule has 5 rings (SSSR count). The van der Waals surface area contributed by atoms with Gasteiger partial charge in [-0.3, -0.25) is 5.10 Å². The van der Waals surface area contributed by atoms with Crippen LogP contribution in [0, 0.1) is 11.8 Å². The predicted molar refractivity (Wildman–Crippen MR) is 108 cm³/mol. The van der Waals surface area contributed by atoms with Gasteiger partial charge in [0.2, 0.25) is 5.95 Å². The molecule has 0 saturated carbocycles. The first-order chi connectivity index (χ1) is 14.3. The maximum atomic E-state index is 5.38. The van der Waals surface area contributed by atoms with Crippen molar-refractivity contribution in [2.45, 2.75) is 12.5 Å². The van der Waals surface area contributed by atoms with Crippen LogP contribution in [0.25, 0.3) is 22.4 Å². The quantitative estimate of drug-likeness (QED) is 0.524. The van der Waals surface area contributed by atoms with E-state index in [1.807, 2.05) is 18.2 Å². The van der Waals surface area contributed by atoms with Crippen molar-refractivity contribution in [1.82, 2.24) is 30.1 Å². The lowest BCUT2D eigenvalue weighted by atomic mass is 10.1. The molecule has 1 atom stereocenters. The van der Waals surface area contributed by atoms with E-state index in [2.05, 4.69) is 47.3 Å². The summed E-state index contributed by atoms with van der Waals surface area (Å²) in [5, 5.41) is 11.3. The van der Waals surface area contributed by atoms with E-state index in [1.54, 1.807) is 30.7 Å². The zero-order valence-electron chi connectivity index (χ0n) is 15.5. The maximum Gasteiger partial charge on any atom is 0.223 e. The number of fused-ring (bicyclic) bond motifs is 1. The highest BCUT2D eigenvalue weighted by molar-refractivity contribution is 5.79. The number of nitrogens with one attached hydrogen (secondary N) is 2. The minimum absolute atomic E-state index is 0.232. The number of rotatable bonds is 3. The highest BCUT2D eigenvalue weighted by Crippen LogP contribution is 2.16. The van der Waals surface area contributed by atoms with Crippen LogP contribution >= 0.6 is 0 Å². The highest BCUT2D eigenvalue weighted by Gasteiger charge is 2.16. The Bertz CT molecular complexity index is 1220. The number of hydrogen-bond donors (Lipinski definition) is 2. The fraction of sp³-hybridized carbons (Fsp3) is 0.190. The number of anilines is 1. The van der Waals surface area contributed by atoms with Gasteiger partial charge in [0.25, 0.3) is 0 Å². The molecule has 1 aliphatic rings. The molecule has 0 amide bonds. The number of aromatic nitrogens is 6. The van der Waals surface area contributed by atoms with Crippen molar-refractivity contribution in [1.29, 1.82) is 0 Å².